The second-order valence-electron chi connectivity index (χ2n) is 6.17. The summed E-state index contributed by atoms with van der Waals surface area (Å²) in [4.78, 5) is 8.85. The van der Waals surface area contributed by atoms with Gasteiger partial charge in [-0.05, 0) is 52.8 Å². The first-order chi connectivity index (χ1) is 11.9. The summed E-state index contributed by atoms with van der Waals surface area (Å²) >= 11 is 0. The molecule has 6 heteroatoms. The van der Waals surface area contributed by atoms with E-state index in [1.807, 2.05) is 65.0 Å². The van der Waals surface area contributed by atoms with Gasteiger partial charge in [0.2, 0.25) is 5.88 Å². The highest BCUT2D eigenvalue weighted by Crippen LogP contribution is 2.31. The third-order valence-electron chi connectivity index (χ3n) is 3.45. The molecule has 0 N–H and O–H groups in total. The normalized spacial score (nSPS) is 11.0. The number of ether oxygens (including phenoxy) is 2. The van der Waals surface area contributed by atoms with E-state index in [2.05, 4.69) is 15.1 Å². The average Bonchev–Trinajstić information content (AvgIpc) is 2.87. The fourth-order valence-corrected chi connectivity index (χ4v) is 2.55. The first-order valence-corrected chi connectivity index (χ1v) is 8.25. The highest BCUT2D eigenvalue weighted by molar-refractivity contribution is 5.42. The molecule has 0 amide bonds. The van der Waals surface area contributed by atoms with E-state index >= 15 is 0 Å². The van der Waals surface area contributed by atoms with Crippen molar-refractivity contribution in [3.05, 3.63) is 53.6 Å². The van der Waals surface area contributed by atoms with E-state index < -0.39 is 0 Å². The van der Waals surface area contributed by atoms with Crippen molar-refractivity contribution < 1.29 is 9.47 Å². The molecule has 0 aliphatic rings. The van der Waals surface area contributed by atoms with Crippen molar-refractivity contribution >= 4 is 0 Å². The summed E-state index contributed by atoms with van der Waals surface area (Å²) in [6, 6.07) is 11.3. The van der Waals surface area contributed by atoms with Gasteiger partial charge in [0.1, 0.15) is 5.82 Å². The lowest BCUT2D eigenvalue weighted by Gasteiger charge is -2.14. The SMILES string of the molecule is Cc1cc(C)n(-c2cc(Oc3ccccc3OC(C)C)nc(C)n2)n1. The smallest absolute Gasteiger partial charge is 0.224 e. The van der Waals surface area contributed by atoms with Gasteiger partial charge in [0.15, 0.2) is 17.3 Å². The monoisotopic (exact) mass is 338 g/mol. The van der Waals surface area contributed by atoms with Gasteiger partial charge in [-0.3, -0.25) is 0 Å². The van der Waals surface area contributed by atoms with E-state index in [1.165, 1.54) is 0 Å². The molecule has 2 heterocycles. The van der Waals surface area contributed by atoms with Crippen LogP contribution in [0.5, 0.6) is 17.4 Å². The largest absolute Gasteiger partial charge is 0.487 e. The molecule has 3 rings (SSSR count). The van der Waals surface area contributed by atoms with Crippen LogP contribution >= 0.6 is 0 Å². The summed E-state index contributed by atoms with van der Waals surface area (Å²) in [6.07, 6.45) is 0.0575. The molecule has 0 saturated carbocycles. The first kappa shape index (κ1) is 17.0. The molecule has 0 unspecified atom stereocenters. The lowest BCUT2D eigenvalue weighted by Crippen LogP contribution is -2.07. The minimum atomic E-state index is 0.0575. The third kappa shape index (κ3) is 3.96. The molecule has 3 aromatic rings. The number of hydrogen-bond donors (Lipinski definition) is 0. The van der Waals surface area contributed by atoms with Gasteiger partial charge >= 0.3 is 0 Å². The van der Waals surface area contributed by atoms with Gasteiger partial charge in [-0.15, -0.1) is 0 Å². The molecule has 0 aliphatic heterocycles. The number of para-hydroxylation sites is 2. The van der Waals surface area contributed by atoms with Crippen LogP contribution in [0.4, 0.5) is 0 Å². The van der Waals surface area contributed by atoms with Crippen LogP contribution in [0.15, 0.2) is 36.4 Å². The van der Waals surface area contributed by atoms with Crippen LogP contribution in [0.25, 0.3) is 5.82 Å². The van der Waals surface area contributed by atoms with E-state index in [1.54, 1.807) is 10.7 Å². The van der Waals surface area contributed by atoms with Crippen LogP contribution in [0, 0.1) is 20.8 Å². The van der Waals surface area contributed by atoms with E-state index in [0.717, 1.165) is 11.4 Å². The topological polar surface area (TPSA) is 62.1 Å². The van der Waals surface area contributed by atoms with Crippen molar-refractivity contribution in [1.29, 1.82) is 0 Å². The van der Waals surface area contributed by atoms with Crippen molar-refractivity contribution in [3.63, 3.8) is 0 Å². The van der Waals surface area contributed by atoms with Gasteiger partial charge in [-0.25, -0.2) is 9.67 Å². The average molecular weight is 338 g/mol. The lowest BCUT2D eigenvalue weighted by molar-refractivity contribution is 0.233. The Hall–Kier alpha value is -2.89. The van der Waals surface area contributed by atoms with Crippen LogP contribution < -0.4 is 9.47 Å². The first-order valence-electron chi connectivity index (χ1n) is 8.25. The number of nitrogens with zero attached hydrogens (tertiary/aromatic N) is 4. The zero-order valence-electron chi connectivity index (χ0n) is 15.1. The maximum absolute atomic E-state index is 5.98. The Labute approximate surface area is 147 Å². The maximum Gasteiger partial charge on any atom is 0.224 e. The maximum atomic E-state index is 5.98. The molecule has 25 heavy (non-hydrogen) atoms. The molecule has 6 nitrogen and oxygen atoms in total. The van der Waals surface area contributed by atoms with E-state index in [9.17, 15) is 0 Å². The van der Waals surface area contributed by atoms with Crippen molar-refractivity contribution in [2.45, 2.75) is 40.7 Å². The molecule has 2 aromatic heterocycles. The summed E-state index contributed by atoms with van der Waals surface area (Å²) in [6.45, 7) is 9.73. The van der Waals surface area contributed by atoms with Crippen LogP contribution in [0.3, 0.4) is 0 Å². The van der Waals surface area contributed by atoms with Crippen molar-refractivity contribution in [3.8, 4) is 23.2 Å². The number of hydrogen-bond acceptors (Lipinski definition) is 5. The third-order valence-corrected chi connectivity index (χ3v) is 3.45. The molecule has 0 bridgehead atoms. The van der Waals surface area contributed by atoms with E-state index in [-0.39, 0.29) is 6.10 Å². The van der Waals surface area contributed by atoms with Gasteiger partial charge < -0.3 is 9.47 Å². The summed E-state index contributed by atoms with van der Waals surface area (Å²) < 4.78 is 13.6. The minimum absolute atomic E-state index is 0.0575. The summed E-state index contributed by atoms with van der Waals surface area (Å²) in [5.41, 5.74) is 1.94. The second kappa shape index (κ2) is 6.93. The van der Waals surface area contributed by atoms with Crippen LogP contribution in [-0.2, 0) is 0 Å². The summed E-state index contributed by atoms with van der Waals surface area (Å²) in [5.74, 6) is 3.04. The van der Waals surface area contributed by atoms with Gasteiger partial charge in [-0.2, -0.15) is 10.1 Å². The zero-order valence-corrected chi connectivity index (χ0v) is 15.1. The van der Waals surface area contributed by atoms with Gasteiger partial charge in [0.05, 0.1) is 11.8 Å². The van der Waals surface area contributed by atoms with Crippen molar-refractivity contribution in [2.75, 3.05) is 0 Å². The lowest BCUT2D eigenvalue weighted by atomic mass is 10.3. The number of rotatable bonds is 5. The van der Waals surface area contributed by atoms with Gasteiger partial charge in [-0.1, -0.05) is 12.1 Å². The summed E-state index contributed by atoms with van der Waals surface area (Å²) in [7, 11) is 0. The van der Waals surface area contributed by atoms with Gasteiger partial charge in [0, 0.05) is 11.8 Å². The predicted octanol–water partition coefficient (Wildman–Crippen LogP) is 4.17. The molecular weight excluding hydrogens is 316 g/mol. The van der Waals surface area contributed by atoms with Crippen LogP contribution in [-0.4, -0.2) is 25.9 Å². The Morgan fingerprint density at radius 2 is 1.68 bits per heavy atom. The molecule has 1 aromatic carbocycles. The standard InChI is InChI=1S/C19H22N4O2/c1-12(2)24-16-8-6-7-9-17(16)25-19-11-18(20-15(5)21-19)23-14(4)10-13(3)22-23/h6-12H,1-5H3. The molecular formula is C19H22N4O2. The quantitative estimate of drug-likeness (QED) is 0.699. The fraction of sp³-hybridized carbons (Fsp3) is 0.316. The molecule has 0 atom stereocenters. The fourth-order valence-electron chi connectivity index (χ4n) is 2.55. The molecule has 0 spiro atoms. The van der Waals surface area contributed by atoms with Crippen LogP contribution in [0.1, 0.15) is 31.1 Å². The van der Waals surface area contributed by atoms with Crippen molar-refractivity contribution in [1.82, 2.24) is 19.7 Å². The molecule has 130 valence electrons. The molecule has 0 fully saturated rings. The highest BCUT2D eigenvalue weighted by Gasteiger charge is 2.12. The Bertz CT molecular complexity index is 887. The molecule has 0 radical (unpaired) electrons. The molecule has 0 saturated heterocycles. The second-order valence-corrected chi connectivity index (χ2v) is 6.17. The zero-order chi connectivity index (χ0) is 18.0. The number of benzene rings is 1. The molecule has 0 aliphatic carbocycles. The predicted molar refractivity (Wildman–Crippen MR) is 95.6 cm³/mol. The minimum Gasteiger partial charge on any atom is -0.487 e. The Kier molecular flexibility index (Phi) is 4.70. The Morgan fingerprint density at radius 3 is 2.32 bits per heavy atom. The summed E-state index contributed by atoms with van der Waals surface area (Å²) in [5, 5.41) is 4.47. The Morgan fingerprint density at radius 1 is 0.960 bits per heavy atom. The number of aromatic nitrogens is 4. The Balaban J connectivity index is 1.96. The number of aryl methyl sites for hydroxylation is 3. The van der Waals surface area contributed by atoms with Crippen molar-refractivity contribution in [2.24, 2.45) is 0 Å². The van der Waals surface area contributed by atoms with E-state index in [0.29, 0.717) is 29.0 Å². The van der Waals surface area contributed by atoms with Crippen LogP contribution in [0.2, 0.25) is 0 Å². The van der Waals surface area contributed by atoms with E-state index in [4.69, 9.17) is 9.47 Å². The highest BCUT2D eigenvalue weighted by atomic mass is 16.5. The van der Waals surface area contributed by atoms with Gasteiger partial charge in [0.25, 0.3) is 0 Å².